The summed E-state index contributed by atoms with van der Waals surface area (Å²) in [6, 6.07) is 7.96. The molecule has 2 heterocycles. The summed E-state index contributed by atoms with van der Waals surface area (Å²) >= 11 is 13.4. The summed E-state index contributed by atoms with van der Waals surface area (Å²) in [6.45, 7) is 0.656. The summed E-state index contributed by atoms with van der Waals surface area (Å²) in [5, 5.41) is 6.03. The molecule has 0 saturated heterocycles. The molecule has 4 rings (SSSR count). The Bertz CT molecular complexity index is 1440. The minimum absolute atomic E-state index is 0.0617. The molecule has 40 heavy (non-hydrogen) atoms. The van der Waals surface area contributed by atoms with Gasteiger partial charge in [0.15, 0.2) is 5.82 Å². The fourth-order valence-electron chi connectivity index (χ4n) is 4.09. The molecule has 0 saturated carbocycles. The number of hydrogen-bond acceptors (Lipinski definition) is 8. The van der Waals surface area contributed by atoms with E-state index in [0.717, 1.165) is 0 Å². The van der Waals surface area contributed by atoms with Crippen molar-refractivity contribution < 1.29 is 19.1 Å². The maximum atomic E-state index is 14.3. The lowest BCUT2D eigenvalue weighted by molar-refractivity contribution is -0.111. The standard InChI is InChI=1S/C27H29Cl2N7O4/c1-30-26-31-14-16-15-35(24-22(28)19(39-4)13-20(40-5)23(24)29)27(38)36(25(16)33-26)18-10-7-6-9-17(18)32-21(37)11-8-12-34(2)3/h6-11,13-14H,12,15H2,1-5H3,(H,32,37)(H,30,31,33)/b11-8+. The van der Waals surface area contributed by atoms with Crippen molar-refractivity contribution in [3.05, 3.63) is 64.3 Å². The maximum absolute atomic E-state index is 14.3. The van der Waals surface area contributed by atoms with E-state index in [1.165, 1.54) is 30.1 Å². The van der Waals surface area contributed by atoms with E-state index in [4.69, 9.17) is 32.7 Å². The molecule has 0 aliphatic carbocycles. The van der Waals surface area contributed by atoms with Crippen molar-refractivity contribution in [2.45, 2.75) is 6.54 Å². The number of nitrogens with one attached hydrogen (secondary N) is 2. The van der Waals surface area contributed by atoms with Gasteiger partial charge in [-0.25, -0.2) is 14.7 Å². The summed E-state index contributed by atoms with van der Waals surface area (Å²) < 4.78 is 10.8. The highest BCUT2D eigenvalue weighted by molar-refractivity contribution is 6.42. The van der Waals surface area contributed by atoms with Gasteiger partial charge in [-0.05, 0) is 26.2 Å². The van der Waals surface area contributed by atoms with Gasteiger partial charge < -0.3 is 25.0 Å². The normalized spacial score (nSPS) is 13.1. The number of aromatic nitrogens is 2. The van der Waals surface area contributed by atoms with Gasteiger partial charge in [-0.3, -0.25) is 9.69 Å². The molecule has 3 aromatic rings. The molecule has 0 unspecified atom stereocenters. The molecule has 2 N–H and O–H groups in total. The molecule has 1 aromatic heterocycles. The zero-order valence-electron chi connectivity index (χ0n) is 22.7. The molecule has 0 spiro atoms. The van der Waals surface area contributed by atoms with Gasteiger partial charge in [0, 0.05) is 37.5 Å². The Morgan fingerprint density at radius 1 is 1.15 bits per heavy atom. The molecule has 11 nitrogen and oxygen atoms in total. The van der Waals surface area contributed by atoms with Crippen LogP contribution >= 0.6 is 23.2 Å². The lowest BCUT2D eigenvalue weighted by Gasteiger charge is -2.37. The third kappa shape index (κ3) is 5.76. The Hall–Kier alpha value is -4.06. The number of likely N-dealkylation sites (N-methyl/N-ethyl adjacent to an activating group) is 1. The molecule has 210 valence electrons. The number of amides is 3. The molecule has 1 aliphatic heterocycles. The number of nitrogens with zero attached hydrogens (tertiary/aromatic N) is 5. The van der Waals surface area contributed by atoms with Crippen LogP contribution in [0.25, 0.3) is 0 Å². The lowest BCUT2D eigenvalue weighted by Crippen LogP contribution is -2.46. The Balaban J connectivity index is 1.86. The second kappa shape index (κ2) is 12.4. The number of carbonyl (C=O) groups excluding carboxylic acids is 2. The molecule has 2 aromatic carbocycles. The first-order valence-electron chi connectivity index (χ1n) is 12.2. The van der Waals surface area contributed by atoms with Gasteiger partial charge in [0.1, 0.15) is 21.5 Å². The summed E-state index contributed by atoms with van der Waals surface area (Å²) in [7, 11) is 8.40. The Morgan fingerprint density at radius 3 is 2.45 bits per heavy atom. The number of urea groups is 1. The van der Waals surface area contributed by atoms with Crippen molar-refractivity contribution in [1.82, 2.24) is 14.9 Å². The number of carbonyl (C=O) groups is 2. The molecule has 0 atom stereocenters. The van der Waals surface area contributed by atoms with Crippen LogP contribution in [-0.2, 0) is 11.3 Å². The molecular formula is C27H29Cl2N7O4. The van der Waals surface area contributed by atoms with Crippen molar-refractivity contribution >= 4 is 64.0 Å². The summed E-state index contributed by atoms with van der Waals surface area (Å²) in [5.41, 5.74) is 1.59. The summed E-state index contributed by atoms with van der Waals surface area (Å²) in [6.07, 6.45) is 4.80. The predicted octanol–water partition coefficient (Wildman–Crippen LogP) is 5.18. The fraction of sp³-hybridized carbons (Fsp3) is 0.259. The van der Waals surface area contributed by atoms with Crippen LogP contribution < -0.4 is 29.9 Å². The minimum Gasteiger partial charge on any atom is -0.495 e. The van der Waals surface area contributed by atoms with E-state index in [1.54, 1.807) is 49.7 Å². The van der Waals surface area contributed by atoms with E-state index in [9.17, 15) is 9.59 Å². The number of benzene rings is 2. The average Bonchev–Trinajstić information content (AvgIpc) is 2.93. The Morgan fingerprint density at radius 2 is 1.82 bits per heavy atom. The van der Waals surface area contributed by atoms with Crippen molar-refractivity contribution in [3.63, 3.8) is 0 Å². The molecule has 0 radical (unpaired) electrons. The van der Waals surface area contributed by atoms with Crippen LogP contribution in [0.4, 0.5) is 33.6 Å². The van der Waals surface area contributed by atoms with Crippen molar-refractivity contribution in [3.8, 4) is 11.5 Å². The number of rotatable bonds is 9. The van der Waals surface area contributed by atoms with Crippen LogP contribution in [0.3, 0.4) is 0 Å². The number of hydrogen-bond donors (Lipinski definition) is 2. The molecule has 1 aliphatic rings. The third-order valence-electron chi connectivity index (χ3n) is 5.99. The van der Waals surface area contributed by atoms with Crippen molar-refractivity contribution in [2.24, 2.45) is 0 Å². The first kappa shape index (κ1) is 28.9. The first-order valence-corrected chi connectivity index (χ1v) is 12.9. The van der Waals surface area contributed by atoms with Crippen LogP contribution in [0, 0.1) is 0 Å². The van der Waals surface area contributed by atoms with Crippen molar-refractivity contribution in [1.29, 1.82) is 0 Å². The second-order valence-electron chi connectivity index (χ2n) is 8.93. The SMILES string of the molecule is CNc1ncc2c(n1)N(c1ccccc1NC(=O)/C=C/CN(C)C)C(=O)N(c1c(Cl)c(OC)cc(OC)c1Cl)C2. The first-order chi connectivity index (χ1) is 19.2. The van der Waals surface area contributed by atoms with Crippen LogP contribution in [0.5, 0.6) is 11.5 Å². The van der Waals surface area contributed by atoms with Gasteiger partial charge in [0.2, 0.25) is 11.9 Å². The molecular weight excluding hydrogens is 557 g/mol. The highest BCUT2D eigenvalue weighted by atomic mass is 35.5. The number of ether oxygens (including phenoxy) is 2. The third-order valence-corrected chi connectivity index (χ3v) is 6.72. The van der Waals surface area contributed by atoms with Gasteiger partial charge in [-0.1, -0.05) is 41.4 Å². The van der Waals surface area contributed by atoms with Gasteiger partial charge >= 0.3 is 6.03 Å². The highest BCUT2D eigenvalue weighted by Gasteiger charge is 2.38. The van der Waals surface area contributed by atoms with E-state index >= 15 is 0 Å². The van der Waals surface area contributed by atoms with E-state index in [0.29, 0.717) is 35.2 Å². The zero-order valence-corrected chi connectivity index (χ0v) is 24.2. The molecule has 3 amide bonds. The lowest BCUT2D eigenvalue weighted by atomic mass is 10.1. The largest absolute Gasteiger partial charge is 0.495 e. The van der Waals surface area contributed by atoms with E-state index in [-0.39, 0.29) is 39.7 Å². The zero-order chi connectivity index (χ0) is 29.0. The van der Waals surface area contributed by atoms with Crippen LogP contribution in [0.1, 0.15) is 5.56 Å². The summed E-state index contributed by atoms with van der Waals surface area (Å²) in [4.78, 5) is 40.7. The number of anilines is 5. The van der Waals surface area contributed by atoms with Gasteiger partial charge in [0.25, 0.3) is 0 Å². The quantitative estimate of drug-likeness (QED) is 0.330. The predicted molar refractivity (Wildman–Crippen MR) is 158 cm³/mol. The fourth-order valence-corrected chi connectivity index (χ4v) is 4.80. The number of fused-ring (bicyclic) bond motifs is 1. The monoisotopic (exact) mass is 585 g/mol. The van der Waals surface area contributed by atoms with Gasteiger partial charge in [-0.2, -0.15) is 4.98 Å². The second-order valence-corrected chi connectivity index (χ2v) is 9.68. The van der Waals surface area contributed by atoms with E-state index in [1.807, 2.05) is 19.0 Å². The van der Waals surface area contributed by atoms with Crippen LogP contribution in [0.2, 0.25) is 10.0 Å². The molecule has 0 bridgehead atoms. The minimum atomic E-state index is -0.516. The van der Waals surface area contributed by atoms with Gasteiger partial charge in [0.05, 0.1) is 37.8 Å². The molecule has 0 fully saturated rings. The van der Waals surface area contributed by atoms with Gasteiger partial charge in [-0.15, -0.1) is 0 Å². The number of halogens is 2. The highest BCUT2D eigenvalue weighted by Crippen LogP contribution is 2.49. The van der Waals surface area contributed by atoms with Crippen LogP contribution in [-0.4, -0.2) is 68.7 Å². The van der Waals surface area contributed by atoms with E-state index in [2.05, 4.69) is 20.6 Å². The Kier molecular flexibility index (Phi) is 8.98. The Labute approximate surface area is 242 Å². The smallest absolute Gasteiger partial charge is 0.335 e. The van der Waals surface area contributed by atoms with E-state index < -0.39 is 6.03 Å². The van der Waals surface area contributed by atoms with Crippen LogP contribution in [0.15, 0.2) is 48.7 Å². The number of methoxy groups -OCH3 is 2. The topological polar surface area (TPSA) is 112 Å². The average molecular weight is 586 g/mol. The number of para-hydroxylation sites is 2. The maximum Gasteiger partial charge on any atom is 0.335 e. The summed E-state index contributed by atoms with van der Waals surface area (Å²) in [5.74, 6) is 0.868. The molecule has 13 heteroatoms. The van der Waals surface area contributed by atoms with Crippen molar-refractivity contribution in [2.75, 3.05) is 62.3 Å².